The zero-order chi connectivity index (χ0) is 14.8. The highest BCUT2D eigenvalue weighted by Crippen LogP contribution is 2.23. The first kappa shape index (κ1) is 15.2. The van der Waals surface area contributed by atoms with E-state index in [1.54, 1.807) is 11.4 Å². The molecule has 2 aromatic rings. The third-order valence-electron chi connectivity index (χ3n) is 3.17. The minimum atomic E-state index is -0.875. The second-order valence-electron chi connectivity index (χ2n) is 5.09. The number of carboxylic acid groups (broad SMARTS) is 1. The summed E-state index contributed by atoms with van der Waals surface area (Å²) >= 11 is 4.90. The van der Waals surface area contributed by atoms with Crippen LogP contribution in [-0.4, -0.2) is 11.1 Å². The first-order chi connectivity index (χ1) is 9.38. The molecule has 0 fully saturated rings. The van der Waals surface area contributed by atoms with Gasteiger partial charge in [0.2, 0.25) is 0 Å². The SMILES string of the molecule is CC(C)(NCc1cc(C(=O)O)cs1)c1ccc(Br)cc1. The van der Waals surface area contributed by atoms with Crippen molar-refractivity contribution in [3.8, 4) is 0 Å². The van der Waals surface area contributed by atoms with Crippen LogP contribution in [0.4, 0.5) is 0 Å². The van der Waals surface area contributed by atoms with Crippen molar-refractivity contribution in [1.82, 2.24) is 5.32 Å². The van der Waals surface area contributed by atoms with Gasteiger partial charge in [-0.3, -0.25) is 0 Å². The molecule has 1 aromatic heterocycles. The summed E-state index contributed by atoms with van der Waals surface area (Å²) in [6.07, 6.45) is 0. The van der Waals surface area contributed by atoms with Gasteiger partial charge in [-0.1, -0.05) is 28.1 Å². The highest BCUT2D eigenvalue weighted by atomic mass is 79.9. The van der Waals surface area contributed by atoms with Crippen LogP contribution in [0.1, 0.15) is 34.6 Å². The van der Waals surface area contributed by atoms with Crippen molar-refractivity contribution in [2.24, 2.45) is 0 Å². The Morgan fingerprint density at radius 3 is 2.55 bits per heavy atom. The summed E-state index contributed by atoms with van der Waals surface area (Å²) in [4.78, 5) is 11.9. The monoisotopic (exact) mass is 353 g/mol. The van der Waals surface area contributed by atoms with Gasteiger partial charge in [-0.2, -0.15) is 0 Å². The fourth-order valence-corrected chi connectivity index (χ4v) is 2.92. The van der Waals surface area contributed by atoms with E-state index in [9.17, 15) is 4.79 Å². The molecule has 0 aliphatic rings. The molecule has 0 spiro atoms. The lowest BCUT2D eigenvalue weighted by Crippen LogP contribution is -2.35. The molecular formula is C15H16BrNO2S. The topological polar surface area (TPSA) is 49.3 Å². The van der Waals surface area contributed by atoms with Gasteiger partial charge in [-0.15, -0.1) is 11.3 Å². The van der Waals surface area contributed by atoms with Crippen LogP contribution >= 0.6 is 27.3 Å². The Kier molecular flexibility index (Phi) is 4.62. The van der Waals surface area contributed by atoms with Gasteiger partial charge in [0.1, 0.15) is 0 Å². The van der Waals surface area contributed by atoms with E-state index in [1.807, 2.05) is 12.1 Å². The maximum atomic E-state index is 10.9. The van der Waals surface area contributed by atoms with E-state index in [0.717, 1.165) is 9.35 Å². The Morgan fingerprint density at radius 1 is 1.35 bits per heavy atom. The van der Waals surface area contributed by atoms with Crippen molar-refractivity contribution in [3.63, 3.8) is 0 Å². The van der Waals surface area contributed by atoms with Gasteiger partial charge in [0.15, 0.2) is 0 Å². The first-order valence-corrected chi connectivity index (χ1v) is 7.87. The minimum Gasteiger partial charge on any atom is -0.478 e. The van der Waals surface area contributed by atoms with Crippen molar-refractivity contribution < 1.29 is 9.90 Å². The molecule has 0 aliphatic carbocycles. The van der Waals surface area contributed by atoms with E-state index < -0.39 is 5.97 Å². The van der Waals surface area contributed by atoms with Crippen LogP contribution in [0.5, 0.6) is 0 Å². The number of aromatic carboxylic acids is 1. The van der Waals surface area contributed by atoms with E-state index in [4.69, 9.17) is 5.11 Å². The number of halogens is 1. The first-order valence-electron chi connectivity index (χ1n) is 6.20. The Morgan fingerprint density at radius 2 is 2.00 bits per heavy atom. The summed E-state index contributed by atoms with van der Waals surface area (Å²) in [5.74, 6) is -0.875. The quantitative estimate of drug-likeness (QED) is 0.845. The third kappa shape index (κ3) is 3.69. The summed E-state index contributed by atoms with van der Waals surface area (Å²) in [7, 11) is 0. The number of nitrogens with one attached hydrogen (secondary N) is 1. The standard InChI is InChI=1S/C15H16BrNO2S/c1-15(2,11-3-5-12(16)6-4-11)17-8-13-7-10(9-20-13)14(18)19/h3-7,9,17H,8H2,1-2H3,(H,18,19). The van der Waals surface area contributed by atoms with Crippen molar-refractivity contribution in [1.29, 1.82) is 0 Å². The lowest BCUT2D eigenvalue weighted by Gasteiger charge is -2.27. The van der Waals surface area contributed by atoms with Crippen LogP contribution in [0.2, 0.25) is 0 Å². The van der Waals surface area contributed by atoms with Crippen molar-refractivity contribution in [2.75, 3.05) is 0 Å². The average molecular weight is 354 g/mol. The smallest absolute Gasteiger partial charge is 0.336 e. The summed E-state index contributed by atoms with van der Waals surface area (Å²) < 4.78 is 1.06. The molecule has 0 bridgehead atoms. The fraction of sp³-hybridized carbons (Fsp3) is 0.267. The Bertz CT molecular complexity index is 605. The number of carbonyl (C=O) groups is 1. The molecule has 5 heteroatoms. The summed E-state index contributed by atoms with van der Waals surface area (Å²) in [6.45, 7) is 4.88. The van der Waals surface area contributed by atoms with Crippen LogP contribution in [0.3, 0.4) is 0 Å². The second-order valence-corrected chi connectivity index (χ2v) is 7.00. The van der Waals surface area contributed by atoms with Crippen molar-refractivity contribution in [2.45, 2.75) is 25.9 Å². The van der Waals surface area contributed by atoms with Crippen molar-refractivity contribution in [3.05, 3.63) is 56.2 Å². The van der Waals surface area contributed by atoms with Crippen molar-refractivity contribution >= 4 is 33.2 Å². The minimum absolute atomic E-state index is 0.173. The zero-order valence-electron chi connectivity index (χ0n) is 11.3. The lowest BCUT2D eigenvalue weighted by molar-refractivity contribution is 0.0697. The van der Waals surface area contributed by atoms with Gasteiger partial charge in [0.05, 0.1) is 5.56 Å². The van der Waals surface area contributed by atoms with E-state index >= 15 is 0 Å². The highest BCUT2D eigenvalue weighted by molar-refractivity contribution is 9.10. The van der Waals surface area contributed by atoms with Gasteiger partial charge >= 0.3 is 5.97 Å². The third-order valence-corrected chi connectivity index (χ3v) is 4.64. The van der Waals surface area contributed by atoms with E-state index in [0.29, 0.717) is 12.1 Å². The van der Waals surface area contributed by atoms with Gasteiger partial charge in [-0.05, 0) is 37.6 Å². The Balaban J connectivity index is 2.04. The maximum Gasteiger partial charge on any atom is 0.336 e. The second kappa shape index (κ2) is 6.08. The van der Waals surface area contributed by atoms with E-state index in [1.165, 1.54) is 16.9 Å². The molecular weight excluding hydrogens is 338 g/mol. The molecule has 0 saturated carbocycles. The lowest BCUT2D eigenvalue weighted by atomic mass is 9.94. The fourth-order valence-electron chi connectivity index (χ4n) is 1.86. The summed E-state index contributed by atoms with van der Waals surface area (Å²) in [5, 5.41) is 14.1. The molecule has 0 radical (unpaired) electrons. The normalized spacial score (nSPS) is 11.6. The molecule has 0 atom stereocenters. The molecule has 20 heavy (non-hydrogen) atoms. The molecule has 2 N–H and O–H groups in total. The number of hydrogen-bond donors (Lipinski definition) is 2. The number of carboxylic acids is 1. The molecule has 106 valence electrons. The van der Waals surface area contributed by atoms with Crippen LogP contribution < -0.4 is 5.32 Å². The molecule has 1 heterocycles. The number of hydrogen-bond acceptors (Lipinski definition) is 3. The molecule has 1 aromatic carbocycles. The van der Waals surface area contributed by atoms with E-state index in [2.05, 4.69) is 47.2 Å². The molecule has 2 rings (SSSR count). The van der Waals surface area contributed by atoms with Gasteiger partial charge in [-0.25, -0.2) is 4.79 Å². The molecule has 0 unspecified atom stereocenters. The molecule has 0 aliphatic heterocycles. The van der Waals surface area contributed by atoms with Crippen LogP contribution in [0, 0.1) is 0 Å². The van der Waals surface area contributed by atoms with Gasteiger partial charge < -0.3 is 10.4 Å². The average Bonchev–Trinajstić information content (AvgIpc) is 2.86. The predicted octanol–water partition coefficient (Wildman–Crippen LogP) is 4.23. The molecule has 0 saturated heterocycles. The van der Waals surface area contributed by atoms with Gasteiger partial charge in [0, 0.05) is 26.8 Å². The molecule has 3 nitrogen and oxygen atoms in total. The van der Waals surface area contributed by atoms with Gasteiger partial charge in [0.25, 0.3) is 0 Å². The number of rotatable bonds is 5. The summed E-state index contributed by atoms with van der Waals surface area (Å²) in [5.41, 5.74) is 1.37. The van der Waals surface area contributed by atoms with Crippen LogP contribution in [0.15, 0.2) is 40.2 Å². The Labute approximate surface area is 130 Å². The van der Waals surface area contributed by atoms with Crippen LogP contribution in [-0.2, 0) is 12.1 Å². The van der Waals surface area contributed by atoms with Crippen LogP contribution in [0.25, 0.3) is 0 Å². The molecule has 0 amide bonds. The Hall–Kier alpha value is -1.17. The maximum absolute atomic E-state index is 10.9. The van der Waals surface area contributed by atoms with E-state index in [-0.39, 0.29) is 5.54 Å². The number of benzene rings is 1. The largest absolute Gasteiger partial charge is 0.478 e. The predicted molar refractivity (Wildman–Crippen MR) is 85.3 cm³/mol. The zero-order valence-corrected chi connectivity index (χ0v) is 13.7. The highest BCUT2D eigenvalue weighted by Gasteiger charge is 2.20. The summed E-state index contributed by atoms with van der Waals surface area (Å²) in [6, 6.07) is 9.92. The number of thiophene rings is 1.